The zero-order valence-corrected chi connectivity index (χ0v) is 12.4. The number of hydrogen-bond donors (Lipinski definition) is 0. The van der Waals surface area contributed by atoms with Crippen molar-refractivity contribution in [1.29, 1.82) is 0 Å². The summed E-state index contributed by atoms with van der Waals surface area (Å²) in [5.74, 6) is 1.58. The molecule has 0 bridgehead atoms. The van der Waals surface area contributed by atoms with Crippen LogP contribution in [0.5, 0.6) is 0 Å². The van der Waals surface area contributed by atoms with E-state index in [0.717, 1.165) is 39.3 Å². The quantitative estimate of drug-likeness (QED) is 0.652. The molecule has 0 aliphatic heterocycles. The molecule has 19 heavy (non-hydrogen) atoms. The van der Waals surface area contributed by atoms with E-state index < -0.39 is 0 Å². The average molecular weight is 317 g/mol. The van der Waals surface area contributed by atoms with Gasteiger partial charge in [-0.25, -0.2) is 9.97 Å². The Kier molecular flexibility index (Phi) is 3.11. The first-order valence-electron chi connectivity index (χ1n) is 6.20. The smallest absolute Gasteiger partial charge is 0.153 e. The fraction of sp³-hybridized carbons (Fsp3) is 0.200. The molecule has 0 fully saturated rings. The van der Waals surface area contributed by atoms with Crippen molar-refractivity contribution < 1.29 is 4.42 Å². The van der Waals surface area contributed by atoms with Crippen molar-refractivity contribution in [3.63, 3.8) is 0 Å². The molecule has 0 saturated carbocycles. The maximum absolute atomic E-state index is 5.85. The van der Waals surface area contributed by atoms with Crippen LogP contribution in [-0.2, 0) is 6.42 Å². The van der Waals surface area contributed by atoms with Gasteiger partial charge in [0.15, 0.2) is 5.76 Å². The highest BCUT2D eigenvalue weighted by Gasteiger charge is 2.10. The number of aryl methyl sites for hydroxylation is 2. The molecule has 0 N–H and O–H groups in total. The summed E-state index contributed by atoms with van der Waals surface area (Å²) < 4.78 is 6.64. The standard InChI is InChI=1S/C15H13BrN2O/c1-3-15-17-11(8-14(16)18-15)13-7-10-6-9(2)4-5-12(10)19-13/h4-8H,3H2,1-2H3. The fourth-order valence-electron chi connectivity index (χ4n) is 2.04. The largest absolute Gasteiger partial charge is 0.454 e. The number of aromatic nitrogens is 2. The molecule has 4 heteroatoms. The molecule has 3 nitrogen and oxygen atoms in total. The number of hydrogen-bond acceptors (Lipinski definition) is 3. The van der Waals surface area contributed by atoms with Gasteiger partial charge in [0, 0.05) is 17.9 Å². The molecular weight excluding hydrogens is 304 g/mol. The maximum Gasteiger partial charge on any atom is 0.153 e. The topological polar surface area (TPSA) is 38.9 Å². The minimum Gasteiger partial charge on any atom is -0.454 e. The summed E-state index contributed by atoms with van der Waals surface area (Å²) >= 11 is 3.41. The first-order valence-corrected chi connectivity index (χ1v) is 6.99. The first kappa shape index (κ1) is 12.4. The third-order valence-corrected chi connectivity index (χ3v) is 3.39. The van der Waals surface area contributed by atoms with Gasteiger partial charge in [0.1, 0.15) is 21.7 Å². The van der Waals surface area contributed by atoms with Crippen LogP contribution in [0.2, 0.25) is 0 Å². The lowest BCUT2D eigenvalue weighted by Crippen LogP contribution is -1.94. The van der Waals surface area contributed by atoms with E-state index in [2.05, 4.69) is 38.9 Å². The number of nitrogens with zero attached hydrogens (tertiary/aromatic N) is 2. The predicted octanol–water partition coefficient (Wildman–Crippen LogP) is 4.52. The van der Waals surface area contributed by atoms with Crippen LogP contribution in [0.3, 0.4) is 0 Å². The molecule has 3 aromatic rings. The molecule has 0 aliphatic rings. The van der Waals surface area contributed by atoms with Crippen molar-refractivity contribution in [2.45, 2.75) is 20.3 Å². The molecule has 1 aromatic carbocycles. The van der Waals surface area contributed by atoms with E-state index in [1.165, 1.54) is 5.56 Å². The Morgan fingerprint density at radius 2 is 2.00 bits per heavy atom. The van der Waals surface area contributed by atoms with E-state index in [1.807, 2.05) is 31.2 Å². The van der Waals surface area contributed by atoms with Gasteiger partial charge < -0.3 is 4.42 Å². The molecule has 0 spiro atoms. The highest BCUT2D eigenvalue weighted by Crippen LogP contribution is 2.28. The third kappa shape index (κ3) is 2.40. The molecule has 3 rings (SSSR count). The summed E-state index contributed by atoms with van der Waals surface area (Å²) in [7, 11) is 0. The van der Waals surface area contributed by atoms with Gasteiger partial charge >= 0.3 is 0 Å². The van der Waals surface area contributed by atoms with Gasteiger partial charge in [-0.05, 0) is 41.1 Å². The lowest BCUT2D eigenvalue weighted by molar-refractivity contribution is 0.627. The highest BCUT2D eigenvalue weighted by atomic mass is 79.9. The van der Waals surface area contributed by atoms with Crippen LogP contribution in [0.1, 0.15) is 18.3 Å². The van der Waals surface area contributed by atoms with Gasteiger partial charge in [-0.1, -0.05) is 18.6 Å². The summed E-state index contributed by atoms with van der Waals surface area (Å²) in [6.45, 7) is 4.11. The van der Waals surface area contributed by atoms with Gasteiger partial charge in [0.25, 0.3) is 0 Å². The SMILES string of the molecule is CCc1nc(Br)cc(-c2cc3cc(C)ccc3o2)n1. The Morgan fingerprint density at radius 3 is 2.79 bits per heavy atom. The van der Waals surface area contributed by atoms with E-state index in [-0.39, 0.29) is 0 Å². The maximum atomic E-state index is 5.85. The summed E-state index contributed by atoms with van der Waals surface area (Å²) in [6.07, 6.45) is 0.797. The first-order chi connectivity index (χ1) is 9.15. The zero-order valence-electron chi connectivity index (χ0n) is 10.8. The van der Waals surface area contributed by atoms with Crippen LogP contribution in [-0.4, -0.2) is 9.97 Å². The molecule has 2 heterocycles. The molecule has 96 valence electrons. The lowest BCUT2D eigenvalue weighted by Gasteiger charge is -2.00. The minimum absolute atomic E-state index is 0.776. The number of fused-ring (bicyclic) bond motifs is 1. The molecule has 0 amide bonds. The van der Waals surface area contributed by atoms with Gasteiger partial charge in [-0.2, -0.15) is 0 Å². The van der Waals surface area contributed by atoms with E-state index in [1.54, 1.807) is 0 Å². The normalized spacial score (nSPS) is 11.1. The second-order valence-corrected chi connectivity index (χ2v) is 5.31. The van der Waals surface area contributed by atoms with Crippen molar-refractivity contribution in [3.05, 3.63) is 46.3 Å². The lowest BCUT2D eigenvalue weighted by atomic mass is 10.2. The second kappa shape index (κ2) is 4.78. The van der Waals surface area contributed by atoms with Crippen molar-refractivity contribution >= 4 is 26.9 Å². The highest BCUT2D eigenvalue weighted by molar-refractivity contribution is 9.10. The number of furan rings is 1. The Labute approximate surface area is 119 Å². The molecule has 0 aliphatic carbocycles. The van der Waals surface area contributed by atoms with Crippen LogP contribution in [0.25, 0.3) is 22.4 Å². The molecular formula is C15H13BrN2O. The average Bonchev–Trinajstić information content (AvgIpc) is 2.80. The molecule has 2 aromatic heterocycles. The molecule has 0 atom stereocenters. The monoisotopic (exact) mass is 316 g/mol. The summed E-state index contributed by atoms with van der Waals surface area (Å²) in [6, 6.07) is 10.0. The van der Waals surface area contributed by atoms with Crippen LogP contribution in [0.15, 0.2) is 39.4 Å². The Balaban J connectivity index is 2.15. The third-order valence-electron chi connectivity index (χ3n) is 2.98. The zero-order chi connectivity index (χ0) is 13.4. The number of halogens is 1. The van der Waals surface area contributed by atoms with Gasteiger partial charge in [0.2, 0.25) is 0 Å². The van der Waals surface area contributed by atoms with Crippen LogP contribution in [0.4, 0.5) is 0 Å². The molecule has 0 unspecified atom stereocenters. The van der Waals surface area contributed by atoms with Crippen molar-refractivity contribution in [1.82, 2.24) is 9.97 Å². The van der Waals surface area contributed by atoms with Crippen LogP contribution < -0.4 is 0 Å². The van der Waals surface area contributed by atoms with Crippen molar-refractivity contribution in [2.24, 2.45) is 0 Å². The Bertz CT molecular complexity index is 749. The van der Waals surface area contributed by atoms with Gasteiger partial charge in [-0.15, -0.1) is 0 Å². The Morgan fingerprint density at radius 1 is 1.16 bits per heavy atom. The minimum atomic E-state index is 0.776. The van der Waals surface area contributed by atoms with E-state index in [9.17, 15) is 0 Å². The number of benzene rings is 1. The van der Waals surface area contributed by atoms with E-state index in [4.69, 9.17) is 4.42 Å². The fourth-order valence-corrected chi connectivity index (χ4v) is 2.46. The van der Waals surface area contributed by atoms with Gasteiger partial charge in [-0.3, -0.25) is 0 Å². The predicted molar refractivity (Wildman–Crippen MR) is 79.1 cm³/mol. The second-order valence-electron chi connectivity index (χ2n) is 4.50. The molecule has 0 saturated heterocycles. The molecule has 0 radical (unpaired) electrons. The van der Waals surface area contributed by atoms with Gasteiger partial charge in [0.05, 0.1) is 0 Å². The Hall–Kier alpha value is -1.68. The van der Waals surface area contributed by atoms with Crippen molar-refractivity contribution in [3.8, 4) is 11.5 Å². The summed E-state index contributed by atoms with van der Waals surface area (Å²) in [5, 5.41) is 1.10. The summed E-state index contributed by atoms with van der Waals surface area (Å²) in [5.41, 5.74) is 2.92. The van der Waals surface area contributed by atoms with E-state index in [0.29, 0.717) is 0 Å². The van der Waals surface area contributed by atoms with Crippen molar-refractivity contribution in [2.75, 3.05) is 0 Å². The number of rotatable bonds is 2. The van der Waals surface area contributed by atoms with Crippen LogP contribution in [0, 0.1) is 6.92 Å². The summed E-state index contributed by atoms with van der Waals surface area (Å²) in [4.78, 5) is 8.81. The van der Waals surface area contributed by atoms with Crippen LogP contribution >= 0.6 is 15.9 Å². The van der Waals surface area contributed by atoms with E-state index >= 15 is 0 Å².